The number of halogens is 4. The highest BCUT2D eigenvalue weighted by Gasteiger charge is 2.52. The molecule has 0 aromatic heterocycles. The maximum atomic E-state index is 14.7. The van der Waals surface area contributed by atoms with Gasteiger partial charge >= 0.3 is 12.3 Å². The fourth-order valence-electron chi connectivity index (χ4n) is 4.65. The number of rotatable bonds is 3. The Balaban J connectivity index is 1.52. The summed E-state index contributed by atoms with van der Waals surface area (Å²) in [5.74, 6) is -1.45. The van der Waals surface area contributed by atoms with Gasteiger partial charge in [0, 0.05) is 30.5 Å². The molecular weight excluding hydrogens is 402 g/mol. The van der Waals surface area contributed by atoms with Gasteiger partial charge in [0.2, 0.25) is 0 Å². The van der Waals surface area contributed by atoms with E-state index in [1.54, 1.807) is 4.90 Å². The van der Waals surface area contributed by atoms with Gasteiger partial charge in [-0.3, -0.25) is 0 Å². The zero-order valence-electron chi connectivity index (χ0n) is 16.0. The van der Waals surface area contributed by atoms with Gasteiger partial charge in [0.05, 0.1) is 11.2 Å². The van der Waals surface area contributed by atoms with E-state index >= 15 is 0 Å². The van der Waals surface area contributed by atoms with Gasteiger partial charge in [-0.05, 0) is 24.5 Å². The molecule has 2 aliphatic rings. The zero-order valence-corrected chi connectivity index (χ0v) is 16.0. The van der Waals surface area contributed by atoms with Crippen LogP contribution in [0.3, 0.4) is 0 Å². The number of alkyl halides is 3. The fourth-order valence-corrected chi connectivity index (χ4v) is 4.65. The first-order chi connectivity index (χ1) is 14.2. The lowest BCUT2D eigenvalue weighted by Gasteiger charge is -2.43. The summed E-state index contributed by atoms with van der Waals surface area (Å²) < 4.78 is 59.3. The normalized spacial score (nSPS) is 26.0. The topological polar surface area (TPSA) is 49.8 Å². The molecule has 2 atom stereocenters. The molecule has 160 valence electrons. The number of ether oxygens (including phenoxy) is 1. The molecule has 2 aromatic carbocycles. The molecule has 0 saturated carbocycles. The monoisotopic (exact) mass is 423 g/mol. The molecule has 0 aliphatic carbocycles. The summed E-state index contributed by atoms with van der Waals surface area (Å²) in [7, 11) is 0. The minimum absolute atomic E-state index is 0.0395. The van der Waals surface area contributed by atoms with Gasteiger partial charge < -0.3 is 14.7 Å². The van der Waals surface area contributed by atoms with Crippen LogP contribution in [0.25, 0.3) is 0 Å². The van der Waals surface area contributed by atoms with E-state index in [1.807, 2.05) is 30.3 Å². The molecule has 0 radical (unpaired) electrons. The van der Waals surface area contributed by atoms with Crippen molar-refractivity contribution in [1.82, 2.24) is 4.90 Å². The Bertz CT molecular complexity index is 918. The van der Waals surface area contributed by atoms with Crippen molar-refractivity contribution in [2.24, 2.45) is 0 Å². The maximum absolute atomic E-state index is 14.7. The van der Waals surface area contributed by atoms with E-state index in [0.29, 0.717) is 18.9 Å². The Kier molecular flexibility index (Phi) is 5.22. The number of aliphatic hydroxyl groups is 1. The number of benzene rings is 2. The second kappa shape index (κ2) is 7.58. The minimum atomic E-state index is -4.85. The molecule has 2 heterocycles. The first-order valence-corrected chi connectivity index (χ1v) is 9.76. The van der Waals surface area contributed by atoms with Crippen LogP contribution in [0.2, 0.25) is 0 Å². The second-order valence-corrected chi connectivity index (χ2v) is 7.94. The smallest absolute Gasteiger partial charge is 0.419 e. The Morgan fingerprint density at radius 3 is 2.30 bits per heavy atom. The molecule has 2 fully saturated rings. The van der Waals surface area contributed by atoms with E-state index in [0.717, 1.165) is 11.6 Å². The van der Waals surface area contributed by atoms with Crippen LogP contribution in [-0.2, 0) is 23.1 Å². The van der Waals surface area contributed by atoms with Gasteiger partial charge in [0.25, 0.3) is 0 Å². The number of carbonyl (C=O) groups excluding carboxylic acids is 1. The van der Waals surface area contributed by atoms with Crippen molar-refractivity contribution in [2.75, 3.05) is 0 Å². The van der Waals surface area contributed by atoms with Gasteiger partial charge in [0.1, 0.15) is 12.4 Å². The third kappa shape index (κ3) is 3.76. The molecule has 2 aliphatic heterocycles. The van der Waals surface area contributed by atoms with Crippen LogP contribution in [0, 0.1) is 5.82 Å². The summed E-state index contributed by atoms with van der Waals surface area (Å²) in [5.41, 5.74) is -2.71. The van der Waals surface area contributed by atoms with Gasteiger partial charge in [-0.15, -0.1) is 0 Å². The first-order valence-electron chi connectivity index (χ1n) is 9.76. The molecule has 2 saturated heterocycles. The molecule has 4 rings (SSSR count). The Hall–Kier alpha value is -2.61. The second-order valence-electron chi connectivity index (χ2n) is 7.94. The molecule has 8 heteroatoms. The molecule has 30 heavy (non-hydrogen) atoms. The zero-order chi connectivity index (χ0) is 21.5. The highest BCUT2D eigenvalue weighted by molar-refractivity contribution is 5.69. The number of hydrogen-bond donors (Lipinski definition) is 1. The molecule has 2 aromatic rings. The lowest BCUT2D eigenvalue weighted by atomic mass is 9.79. The van der Waals surface area contributed by atoms with Crippen molar-refractivity contribution in [3.63, 3.8) is 0 Å². The van der Waals surface area contributed by atoms with E-state index in [9.17, 15) is 27.5 Å². The van der Waals surface area contributed by atoms with Crippen LogP contribution in [0.15, 0.2) is 48.5 Å². The van der Waals surface area contributed by atoms with Crippen LogP contribution in [0.1, 0.15) is 42.4 Å². The number of fused-ring (bicyclic) bond motifs is 2. The van der Waals surface area contributed by atoms with Crippen molar-refractivity contribution in [3.05, 3.63) is 71.0 Å². The third-order valence-corrected chi connectivity index (χ3v) is 5.99. The Labute approximate surface area is 171 Å². The summed E-state index contributed by atoms with van der Waals surface area (Å²) in [5, 5.41) is 11.1. The van der Waals surface area contributed by atoms with E-state index in [2.05, 4.69) is 0 Å². The number of hydrogen-bond acceptors (Lipinski definition) is 3. The Morgan fingerprint density at radius 2 is 1.70 bits per heavy atom. The van der Waals surface area contributed by atoms with Gasteiger partial charge in [0.15, 0.2) is 0 Å². The number of carbonyl (C=O) groups is 1. The number of amides is 1. The number of piperidine rings is 1. The third-order valence-electron chi connectivity index (χ3n) is 5.99. The maximum Gasteiger partial charge on any atom is 0.419 e. The molecule has 2 unspecified atom stereocenters. The summed E-state index contributed by atoms with van der Waals surface area (Å²) >= 11 is 0. The van der Waals surface area contributed by atoms with E-state index in [-0.39, 0.29) is 25.0 Å². The largest absolute Gasteiger partial charge is 0.445 e. The SMILES string of the molecule is O=C(OCc1ccccc1)N1C2CCC1CC(O)(c1cccc(C(F)(F)F)c1F)C2. The lowest BCUT2D eigenvalue weighted by molar-refractivity contribution is -0.140. The van der Waals surface area contributed by atoms with Crippen LogP contribution in [0.4, 0.5) is 22.4 Å². The van der Waals surface area contributed by atoms with Crippen molar-refractivity contribution < 1.29 is 32.2 Å². The molecule has 1 amide bonds. The summed E-state index contributed by atoms with van der Waals surface area (Å²) in [6, 6.07) is 11.3. The van der Waals surface area contributed by atoms with Crippen LogP contribution < -0.4 is 0 Å². The van der Waals surface area contributed by atoms with Crippen molar-refractivity contribution in [2.45, 2.75) is 56.2 Å². The summed E-state index contributed by atoms with van der Waals surface area (Å²) in [4.78, 5) is 14.2. The minimum Gasteiger partial charge on any atom is -0.445 e. The van der Waals surface area contributed by atoms with Crippen molar-refractivity contribution in [3.8, 4) is 0 Å². The molecular formula is C22H21F4NO3. The number of nitrogens with zero attached hydrogens (tertiary/aromatic N) is 1. The van der Waals surface area contributed by atoms with Crippen LogP contribution >= 0.6 is 0 Å². The van der Waals surface area contributed by atoms with E-state index in [1.165, 1.54) is 6.07 Å². The van der Waals surface area contributed by atoms with Crippen LogP contribution in [-0.4, -0.2) is 28.2 Å². The average Bonchev–Trinajstić information content (AvgIpc) is 2.98. The summed E-state index contributed by atoms with van der Waals surface area (Å²) in [6.45, 7) is 0.0993. The van der Waals surface area contributed by atoms with Gasteiger partial charge in [-0.25, -0.2) is 9.18 Å². The van der Waals surface area contributed by atoms with Gasteiger partial charge in [-0.2, -0.15) is 13.2 Å². The van der Waals surface area contributed by atoms with Crippen LogP contribution in [0.5, 0.6) is 0 Å². The fraction of sp³-hybridized carbons (Fsp3) is 0.409. The highest BCUT2D eigenvalue weighted by Crippen LogP contribution is 2.47. The van der Waals surface area contributed by atoms with Crippen molar-refractivity contribution in [1.29, 1.82) is 0 Å². The van der Waals surface area contributed by atoms with Crippen molar-refractivity contribution >= 4 is 6.09 Å². The predicted octanol–water partition coefficient (Wildman–Crippen LogP) is 5.00. The quantitative estimate of drug-likeness (QED) is 0.708. The highest BCUT2D eigenvalue weighted by atomic mass is 19.4. The lowest BCUT2D eigenvalue weighted by Crippen LogP contribution is -2.52. The molecule has 1 N–H and O–H groups in total. The first kappa shape index (κ1) is 20.7. The molecule has 2 bridgehead atoms. The molecule has 4 nitrogen and oxygen atoms in total. The average molecular weight is 423 g/mol. The summed E-state index contributed by atoms with van der Waals surface area (Å²) in [6.07, 6.45) is -4.30. The van der Waals surface area contributed by atoms with Gasteiger partial charge in [-0.1, -0.05) is 42.5 Å². The standard InChI is InChI=1S/C22H21F4NO3/c23-19-17(7-4-8-18(19)22(24,25)26)21(29)11-15-9-10-16(12-21)27(15)20(28)30-13-14-5-2-1-3-6-14/h1-8,15-16,29H,9-13H2. The van der Waals surface area contributed by atoms with E-state index < -0.39 is 41.3 Å². The molecule has 0 spiro atoms. The van der Waals surface area contributed by atoms with E-state index in [4.69, 9.17) is 4.74 Å². The predicted molar refractivity (Wildman–Crippen MR) is 99.8 cm³/mol. The Morgan fingerprint density at radius 1 is 1.07 bits per heavy atom.